The van der Waals surface area contributed by atoms with E-state index in [1.54, 1.807) is 13.1 Å². The molecule has 0 unspecified atom stereocenters. The first-order valence-corrected chi connectivity index (χ1v) is 7.53. The Hall–Kier alpha value is -1.81. The summed E-state index contributed by atoms with van der Waals surface area (Å²) in [5, 5.41) is 5.15. The van der Waals surface area contributed by atoms with Gasteiger partial charge in [-0.2, -0.15) is 0 Å². The van der Waals surface area contributed by atoms with Crippen LogP contribution in [0.25, 0.3) is 10.9 Å². The fraction of sp³-hybridized carbons (Fsp3) is 0.375. The fourth-order valence-electron chi connectivity index (χ4n) is 2.31. The Kier molecular flexibility index (Phi) is 5.39. The topological polar surface area (TPSA) is 45.2 Å². The van der Waals surface area contributed by atoms with Crippen molar-refractivity contribution < 1.29 is 4.79 Å². The second kappa shape index (κ2) is 7.27. The van der Waals surface area contributed by atoms with Gasteiger partial charge in [-0.25, -0.2) is 0 Å². The summed E-state index contributed by atoms with van der Waals surface area (Å²) < 4.78 is 0. The first kappa shape index (κ1) is 15.6. The molecule has 5 heteroatoms. The Bertz CT molecular complexity index is 630. The van der Waals surface area contributed by atoms with Crippen LogP contribution in [-0.2, 0) is 4.79 Å². The van der Waals surface area contributed by atoms with Crippen LogP contribution in [0.5, 0.6) is 0 Å². The van der Waals surface area contributed by atoms with Gasteiger partial charge in [-0.3, -0.25) is 9.78 Å². The monoisotopic (exact) mass is 305 g/mol. The highest BCUT2D eigenvalue weighted by Crippen LogP contribution is 2.24. The zero-order chi connectivity index (χ0) is 15.2. The third-order valence-corrected chi connectivity index (χ3v) is 3.69. The highest BCUT2D eigenvalue weighted by molar-refractivity contribution is 6.31. The summed E-state index contributed by atoms with van der Waals surface area (Å²) in [6, 6.07) is 7.65. The maximum atomic E-state index is 11.3. The van der Waals surface area contributed by atoms with Crippen LogP contribution in [-0.4, -0.2) is 35.4 Å². The molecule has 1 aromatic heterocycles. The lowest BCUT2D eigenvalue weighted by Crippen LogP contribution is -2.30. The van der Waals surface area contributed by atoms with Crippen LogP contribution in [0.2, 0.25) is 5.02 Å². The molecule has 0 spiro atoms. The Morgan fingerprint density at radius 1 is 1.38 bits per heavy atom. The molecule has 0 atom stereocenters. The van der Waals surface area contributed by atoms with Gasteiger partial charge in [0.25, 0.3) is 0 Å². The van der Waals surface area contributed by atoms with Crippen LogP contribution in [0, 0.1) is 0 Å². The fourth-order valence-corrected chi connectivity index (χ4v) is 2.47. The predicted molar refractivity (Wildman–Crippen MR) is 87.8 cm³/mol. The number of anilines is 1. The van der Waals surface area contributed by atoms with Crippen LogP contribution < -0.4 is 5.32 Å². The van der Waals surface area contributed by atoms with Crippen LogP contribution in [0.3, 0.4) is 0 Å². The SMILES string of the molecule is CCN(CCCNc1ccnc2cc(Cl)ccc12)C(C)=O. The minimum atomic E-state index is 0.126. The number of halogens is 1. The lowest BCUT2D eigenvalue weighted by Gasteiger charge is -2.19. The van der Waals surface area contributed by atoms with Gasteiger partial charge in [0.1, 0.15) is 0 Å². The van der Waals surface area contributed by atoms with Gasteiger partial charge in [0.2, 0.25) is 5.91 Å². The third kappa shape index (κ3) is 4.08. The standard InChI is InChI=1S/C16H20ClN3O/c1-3-20(12(2)21)10-4-8-18-15-7-9-19-16-11-13(17)5-6-14(15)16/h5-7,9,11H,3-4,8,10H2,1-2H3,(H,18,19). The molecule has 1 amide bonds. The second-order valence-corrected chi connectivity index (χ2v) is 5.34. The van der Waals surface area contributed by atoms with E-state index in [0.717, 1.165) is 42.6 Å². The van der Waals surface area contributed by atoms with Crippen molar-refractivity contribution in [3.05, 3.63) is 35.5 Å². The van der Waals surface area contributed by atoms with Crippen molar-refractivity contribution in [2.24, 2.45) is 0 Å². The number of hydrogen-bond acceptors (Lipinski definition) is 3. The van der Waals surface area contributed by atoms with Crippen molar-refractivity contribution in [2.75, 3.05) is 25.0 Å². The van der Waals surface area contributed by atoms with Gasteiger partial charge >= 0.3 is 0 Å². The number of nitrogens with zero attached hydrogens (tertiary/aromatic N) is 2. The average molecular weight is 306 g/mol. The van der Waals surface area contributed by atoms with Gasteiger partial charge in [-0.05, 0) is 37.6 Å². The molecule has 0 aliphatic carbocycles. The molecule has 2 aromatic rings. The number of rotatable bonds is 6. The van der Waals surface area contributed by atoms with Crippen LogP contribution in [0.1, 0.15) is 20.3 Å². The molecule has 21 heavy (non-hydrogen) atoms. The summed E-state index contributed by atoms with van der Waals surface area (Å²) in [6.45, 7) is 5.94. The smallest absolute Gasteiger partial charge is 0.219 e. The van der Waals surface area contributed by atoms with E-state index in [1.807, 2.05) is 36.1 Å². The summed E-state index contributed by atoms with van der Waals surface area (Å²) in [4.78, 5) is 17.5. The first-order valence-electron chi connectivity index (χ1n) is 7.15. The van der Waals surface area contributed by atoms with E-state index in [-0.39, 0.29) is 5.91 Å². The van der Waals surface area contributed by atoms with Crippen LogP contribution in [0.4, 0.5) is 5.69 Å². The Labute approximate surface area is 130 Å². The lowest BCUT2D eigenvalue weighted by molar-refractivity contribution is -0.128. The third-order valence-electron chi connectivity index (χ3n) is 3.45. The molecule has 1 N–H and O–H groups in total. The summed E-state index contributed by atoms with van der Waals surface area (Å²) in [6.07, 6.45) is 2.68. The molecular formula is C16H20ClN3O. The van der Waals surface area contributed by atoms with E-state index in [9.17, 15) is 4.79 Å². The number of pyridine rings is 1. The van der Waals surface area contributed by atoms with Gasteiger partial charge in [0.15, 0.2) is 0 Å². The van der Waals surface area contributed by atoms with E-state index >= 15 is 0 Å². The van der Waals surface area contributed by atoms with E-state index in [0.29, 0.717) is 5.02 Å². The predicted octanol–water partition coefficient (Wildman–Crippen LogP) is 3.56. The van der Waals surface area contributed by atoms with Crippen molar-refractivity contribution >= 4 is 34.1 Å². The Morgan fingerprint density at radius 2 is 2.19 bits per heavy atom. The summed E-state index contributed by atoms with van der Waals surface area (Å²) in [5.74, 6) is 0.126. The normalized spacial score (nSPS) is 10.6. The molecule has 2 rings (SSSR count). The molecular weight excluding hydrogens is 286 g/mol. The maximum Gasteiger partial charge on any atom is 0.219 e. The number of carbonyl (C=O) groups is 1. The highest BCUT2D eigenvalue weighted by Gasteiger charge is 2.05. The highest BCUT2D eigenvalue weighted by atomic mass is 35.5. The molecule has 0 saturated heterocycles. The van der Waals surface area contributed by atoms with Crippen LogP contribution in [0.15, 0.2) is 30.5 Å². The van der Waals surface area contributed by atoms with E-state index in [4.69, 9.17) is 11.6 Å². The average Bonchev–Trinajstić information content (AvgIpc) is 2.46. The van der Waals surface area contributed by atoms with Crippen molar-refractivity contribution in [3.63, 3.8) is 0 Å². The van der Waals surface area contributed by atoms with E-state index in [2.05, 4.69) is 10.3 Å². The quantitative estimate of drug-likeness (QED) is 0.830. The molecule has 0 radical (unpaired) electrons. The lowest BCUT2D eigenvalue weighted by atomic mass is 10.2. The second-order valence-electron chi connectivity index (χ2n) is 4.90. The van der Waals surface area contributed by atoms with Crippen LogP contribution >= 0.6 is 11.6 Å². The number of carbonyl (C=O) groups excluding carboxylic acids is 1. The zero-order valence-corrected chi connectivity index (χ0v) is 13.2. The summed E-state index contributed by atoms with van der Waals surface area (Å²) in [7, 11) is 0. The van der Waals surface area contributed by atoms with Gasteiger partial charge in [-0.15, -0.1) is 0 Å². The molecule has 4 nitrogen and oxygen atoms in total. The minimum Gasteiger partial charge on any atom is -0.384 e. The summed E-state index contributed by atoms with van der Waals surface area (Å²) >= 11 is 5.98. The molecule has 0 fully saturated rings. The van der Waals surface area contributed by atoms with Crippen molar-refractivity contribution in [1.82, 2.24) is 9.88 Å². The number of hydrogen-bond donors (Lipinski definition) is 1. The number of aromatic nitrogens is 1. The van der Waals surface area contributed by atoms with Gasteiger partial charge in [0.05, 0.1) is 5.52 Å². The Morgan fingerprint density at radius 3 is 2.90 bits per heavy atom. The number of fused-ring (bicyclic) bond motifs is 1. The molecule has 0 aliphatic rings. The van der Waals surface area contributed by atoms with Gasteiger partial charge in [-0.1, -0.05) is 11.6 Å². The molecule has 0 bridgehead atoms. The molecule has 0 aliphatic heterocycles. The molecule has 1 heterocycles. The molecule has 0 saturated carbocycles. The van der Waals surface area contributed by atoms with Gasteiger partial charge in [0, 0.05) is 48.9 Å². The van der Waals surface area contributed by atoms with E-state index in [1.165, 1.54) is 0 Å². The summed E-state index contributed by atoms with van der Waals surface area (Å²) in [5.41, 5.74) is 1.92. The number of amides is 1. The van der Waals surface area contributed by atoms with Gasteiger partial charge < -0.3 is 10.2 Å². The van der Waals surface area contributed by atoms with Crippen molar-refractivity contribution in [2.45, 2.75) is 20.3 Å². The zero-order valence-electron chi connectivity index (χ0n) is 12.4. The number of nitrogens with one attached hydrogen (secondary N) is 1. The molecule has 112 valence electrons. The minimum absolute atomic E-state index is 0.126. The van der Waals surface area contributed by atoms with E-state index < -0.39 is 0 Å². The van der Waals surface area contributed by atoms with Crippen molar-refractivity contribution in [1.29, 1.82) is 0 Å². The molecule has 1 aromatic carbocycles. The maximum absolute atomic E-state index is 11.3. The first-order chi connectivity index (χ1) is 10.1. The number of benzene rings is 1. The van der Waals surface area contributed by atoms with Crippen molar-refractivity contribution in [3.8, 4) is 0 Å². The largest absolute Gasteiger partial charge is 0.384 e. The Balaban J connectivity index is 1.96.